The lowest BCUT2D eigenvalue weighted by Crippen LogP contribution is -2.53. The van der Waals surface area contributed by atoms with Gasteiger partial charge in [-0.2, -0.15) is 0 Å². The van der Waals surface area contributed by atoms with Crippen molar-refractivity contribution in [2.45, 2.75) is 32.7 Å². The van der Waals surface area contributed by atoms with Crippen LogP contribution >= 0.6 is 0 Å². The summed E-state index contributed by atoms with van der Waals surface area (Å²) >= 11 is 0. The highest BCUT2D eigenvalue weighted by Gasteiger charge is 2.48. The zero-order chi connectivity index (χ0) is 25.2. The van der Waals surface area contributed by atoms with E-state index in [4.69, 9.17) is 9.47 Å². The van der Waals surface area contributed by atoms with E-state index in [0.717, 1.165) is 22.3 Å². The monoisotopic (exact) mass is 480 g/mol. The van der Waals surface area contributed by atoms with Crippen LogP contribution in [-0.2, 0) is 19.1 Å². The maximum atomic E-state index is 13.0. The number of carbonyl (C=O) groups excluding carboxylic acids is 2. The average molecular weight is 481 g/mol. The molecule has 4 rings (SSSR count). The molecule has 0 aromatic heterocycles. The summed E-state index contributed by atoms with van der Waals surface area (Å²) in [6.45, 7) is 5.77. The molecule has 2 amide bonds. The quantitative estimate of drug-likeness (QED) is 0.534. The Labute approximate surface area is 205 Å². The molecule has 0 saturated carbocycles. The van der Waals surface area contributed by atoms with E-state index >= 15 is 0 Å². The SMILES string of the molecule is CC(C)C(CNC(=O)OCC1c2ccccc2-c2ccccc21)C(=O)NC1COCC1(C)C(=O)O. The number of benzene rings is 2. The number of nitrogens with one attached hydrogen (secondary N) is 2. The molecule has 0 radical (unpaired) electrons. The van der Waals surface area contributed by atoms with Crippen molar-refractivity contribution in [2.24, 2.45) is 17.3 Å². The third kappa shape index (κ3) is 4.89. The van der Waals surface area contributed by atoms with E-state index in [1.54, 1.807) is 6.92 Å². The molecular weight excluding hydrogens is 448 g/mol. The van der Waals surface area contributed by atoms with Gasteiger partial charge in [0.25, 0.3) is 0 Å². The maximum absolute atomic E-state index is 13.0. The molecule has 2 aromatic carbocycles. The first-order valence-corrected chi connectivity index (χ1v) is 11.9. The number of hydrogen-bond acceptors (Lipinski definition) is 5. The fraction of sp³-hybridized carbons (Fsp3) is 0.444. The molecular formula is C27H32N2O6. The minimum Gasteiger partial charge on any atom is -0.481 e. The second-order valence-electron chi connectivity index (χ2n) is 9.86. The fourth-order valence-electron chi connectivity index (χ4n) is 4.84. The van der Waals surface area contributed by atoms with Gasteiger partial charge in [0.15, 0.2) is 0 Å². The van der Waals surface area contributed by atoms with Gasteiger partial charge >= 0.3 is 12.1 Å². The lowest BCUT2D eigenvalue weighted by atomic mass is 9.84. The van der Waals surface area contributed by atoms with Crippen LogP contribution in [0.1, 0.15) is 37.8 Å². The Balaban J connectivity index is 1.34. The molecule has 3 unspecified atom stereocenters. The van der Waals surface area contributed by atoms with E-state index < -0.39 is 29.4 Å². The van der Waals surface area contributed by atoms with E-state index in [0.29, 0.717) is 0 Å². The van der Waals surface area contributed by atoms with E-state index in [2.05, 4.69) is 34.9 Å². The highest BCUT2D eigenvalue weighted by molar-refractivity contribution is 5.83. The zero-order valence-corrected chi connectivity index (χ0v) is 20.2. The Morgan fingerprint density at radius 1 is 1.09 bits per heavy atom. The first-order valence-electron chi connectivity index (χ1n) is 11.9. The summed E-state index contributed by atoms with van der Waals surface area (Å²) in [7, 11) is 0. The molecule has 186 valence electrons. The van der Waals surface area contributed by atoms with E-state index in [9.17, 15) is 19.5 Å². The van der Waals surface area contributed by atoms with Crippen molar-refractivity contribution in [3.8, 4) is 11.1 Å². The molecule has 1 heterocycles. The normalized spacial score (nSPS) is 21.8. The molecule has 1 aliphatic heterocycles. The van der Waals surface area contributed by atoms with E-state index in [1.165, 1.54) is 0 Å². The number of amides is 2. The molecule has 8 heteroatoms. The third-order valence-electron chi connectivity index (χ3n) is 7.21. The summed E-state index contributed by atoms with van der Waals surface area (Å²) in [5, 5.41) is 15.1. The maximum Gasteiger partial charge on any atom is 0.407 e. The van der Waals surface area contributed by atoms with Crippen molar-refractivity contribution in [1.82, 2.24) is 10.6 Å². The van der Waals surface area contributed by atoms with Crippen molar-refractivity contribution in [3.63, 3.8) is 0 Å². The standard InChI is InChI=1S/C27H32N2O6/c1-16(2)21(24(30)29-23-14-34-15-27(23,3)25(31)32)12-28-26(33)35-13-22-19-10-6-4-8-17(19)18-9-5-7-11-20(18)22/h4-11,16,21-23H,12-15H2,1-3H3,(H,28,33)(H,29,30)(H,31,32). The summed E-state index contributed by atoms with van der Waals surface area (Å²) in [5.41, 5.74) is 3.37. The molecule has 8 nitrogen and oxygen atoms in total. The first-order chi connectivity index (χ1) is 16.7. The second kappa shape index (κ2) is 10.1. The second-order valence-corrected chi connectivity index (χ2v) is 9.86. The zero-order valence-electron chi connectivity index (χ0n) is 20.2. The molecule has 3 atom stereocenters. The molecule has 2 aromatic rings. The van der Waals surface area contributed by atoms with Crippen LogP contribution in [0.15, 0.2) is 48.5 Å². The number of alkyl carbamates (subject to hydrolysis) is 1. The highest BCUT2D eigenvalue weighted by atomic mass is 16.5. The van der Waals surface area contributed by atoms with Crippen molar-refractivity contribution in [3.05, 3.63) is 59.7 Å². The topological polar surface area (TPSA) is 114 Å². The number of rotatable bonds is 8. The van der Waals surface area contributed by atoms with Gasteiger partial charge < -0.3 is 25.2 Å². The molecule has 35 heavy (non-hydrogen) atoms. The predicted octanol–water partition coefficient (Wildman–Crippen LogP) is 3.40. The number of carboxylic acid groups (broad SMARTS) is 1. The summed E-state index contributed by atoms with van der Waals surface area (Å²) < 4.78 is 10.9. The Hall–Kier alpha value is -3.39. The Kier molecular flexibility index (Phi) is 7.12. The minimum absolute atomic E-state index is 0.0393. The molecule has 0 bridgehead atoms. The van der Waals surface area contributed by atoms with E-state index in [-0.39, 0.29) is 44.1 Å². The molecule has 0 spiro atoms. The van der Waals surface area contributed by atoms with Gasteiger partial charge in [0, 0.05) is 12.5 Å². The van der Waals surface area contributed by atoms with Crippen LogP contribution in [0.25, 0.3) is 11.1 Å². The van der Waals surface area contributed by atoms with Gasteiger partial charge in [-0.15, -0.1) is 0 Å². The van der Waals surface area contributed by atoms with Crippen LogP contribution in [-0.4, -0.2) is 55.5 Å². The van der Waals surface area contributed by atoms with Gasteiger partial charge in [0.1, 0.15) is 12.0 Å². The summed E-state index contributed by atoms with van der Waals surface area (Å²) in [6.07, 6.45) is -0.593. The smallest absolute Gasteiger partial charge is 0.407 e. The number of ether oxygens (including phenoxy) is 2. The Bertz CT molecular complexity index is 1070. The Morgan fingerprint density at radius 3 is 2.26 bits per heavy atom. The van der Waals surface area contributed by atoms with Crippen LogP contribution in [0.5, 0.6) is 0 Å². The van der Waals surface area contributed by atoms with Gasteiger partial charge in [0.2, 0.25) is 5.91 Å². The molecule has 1 saturated heterocycles. The van der Waals surface area contributed by atoms with Crippen LogP contribution < -0.4 is 10.6 Å². The largest absolute Gasteiger partial charge is 0.481 e. The van der Waals surface area contributed by atoms with Crippen molar-refractivity contribution < 1.29 is 29.0 Å². The summed E-state index contributed by atoms with van der Waals surface area (Å²) in [6, 6.07) is 15.6. The van der Waals surface area contributed by atoms with Gasteiger partial charge in [-0.05, 0) is 35.1 Å². The van der Waals surface area contributed by atoms with Crippen molar-refractivity contribution in [1.29, 1.82) is 0 Å². The lowest BCUT2D eigenvalue weighted by molar-refractivity contribution is -0.149. The number of carboxylic acids is 1. The lowest BCUT2D eigenvalue weighted by Gasteiger charge is -2.28. The van der Waals surface area contributed by atoms with Crippen LogP contribution in [0.3, 0.4) is 0 Å². The number of carbonyl (C=O) groups is 3. The third-order valence-corrected chi connectivity index (χ3v) is 7.21. The predicted molar refractivity (Wildman–Crippen MR) is 130 cm³/mol. The van der Waals surface area contributed by atoms with Gasteiger partial charge in [-0.3, -0.25) is 9.59 Å². The molecule has 1 aliphatic carbocycles. The summed E-state index contributed by atoms with van der Waals surface area (Å²) in [4.78, 5) is 37.2. The number of fused-ring (bicyclic) bond motifs is 3. The molecule has 1 fully saturated rings. The van der Waals surface area contributed by atoms with Crippen molar-refractivity contribution >= 4 is 18.0 Å². The first kappa shape index (κ1) is 24.7. The van der Waals surface area contributed by atoms with Crippen molar-refractivity contribution in [2.75, 3.05) is 26.4 Å². The minimum atomic E-state index is -1.18. The van der Waals surface area contributed by atoms with Crippen LogP contribution in [0, 0.1) is 17.3 Å². The average Bonchev–Trinajstić information content (AvgIpc) is 3.36. The van der Waals surface area contributed by atoms with Gasteiger partial charge in [-0.1, -0.05) is 62.4 Å². The number of hydrogen-bond donors (Lipinski definition) is 3. The van der Waals surface area contributed by atoms with Crippen LogP contribution in [0.2, 0.25) is 0 Å². The summed E-state index contributed by atoms with van der Waals surface area (Å²) in [5.74, 6) is -2.01. The van der Waals surface area contributed by atoms with E-state index in [1.807, 2.05) is 38.1 Å². The fourth-order valence-corrected chi connectivity index (χ4v) is 4.84. The highest BCUT2D eigenvalue weighted by Crippen LogP contribution is 2.44. The van der Waals surface area contributed by atoms with Gasteiger partial charge in [0.05, 0.1) is 25.2 Å². The van der Waals surface area contributed by atoms with Crippen LogP contribution in [0.4, 0.5) is 4.79 Å². The number of aliphatic carboxylic acids is 1. The molecule has 3 N–H and O–H groups in total. The molecule has 2 aliphatic rings. The van der Waals surface area contributed by atoms with Gasteiger partial charge in [-0.25, -0.2) is 4.79 Å². The Morgan fingerprint density at radius 2 is 1.69 bits per heavy atom.